The summed E-state index contributed by atoms with van der Waals surface area (Å²) in [4.78, 5) is 63.2. The number of aromatic hydroxyl groups is 2. The van der Waals surface area contributed by atoms with Gasteiger partial charge in [0.1, 0.15) is 29.5 Å². The van der Waals surface area contributed by atoms with Gasteiger partial charge in [0.15, 0.2) is 17.9 Å². The lowest BCUT2D eigenvalue weighted by Gasteiger charge is -2.43. The molecule has 4 unspecified atom stereocenters. The van der Waals surface area contributed by atoms with Crippen molar-refractivity contribution in [3.05, 3.63) is 51.6 Å². The summed E-state index contributed by atoms with van der Waals surface area (Å²) in [7, 11) is 1.31. The van der Waals surface area contributed by atoms with Crippen molar-refractivity contribution < 1.29 is 73.2 Å². The van der Waals surface area contributed by atoms with Crippen LogP contribution in [0.25, 0.3) is 0 Å². The van der Waals surface area contributed by atoms with Gasteiger partial charge in [-0.3, -0.25) is 24.0 Å². The van der Waals surface area contributed by atoms with Crippen molar-refractivity contribution in [3.8, 4) is 17.2 Å². The molecule has 1 saturated heterocycles. The Labute approximate surface area is 310 Å². The number of aliphatic hydroxyl groups is 3. The minimum atomic E-state index is -2.30. The van der Waals surface area contributed by atoms with Gasteiger partial charge in [-0.1, -0.05) is 12.1 Å². The Morgan fingerprint density at radius 2 is 1.68 bits per heavy atom. The van der Waals surface area contributed by atoms with Crippen molar-refractivity contribution in [3.63, 3.8) is 0 Å². The third-order valence-corrected chi connectivity index (χ3v) is 9.63. The van der Waals surface area contributed by atoms with E-state index in [0.29, 0.717) is 19.4 Å². The number of phenols is 2. The maximum Gasteiger partial charge on any atom is 0.305 e. The molecular weight excluding hydrogens is 722 g/mol. The number of esters is 2. The van der Waals surface area contributed by atoms with Crippen molar-refractivity contribution in [1.29, 1.82) is 0 Å². The lowest BCUT2D eigenvalue weighted by Crippen LogP contribution is -2.54. The highest BCUT2D eigenvalue weighted by Crippen LogP contribution is 2.52. The Kier molecular flexibility index (Phi) is 13.3. The largest absolute Gasteiger partial charge is 0.507 e. The molecule has 5 rings (SSSR count). The zero-order valence-electron chi connectivity index (χ0n) is 29.6. The second kappa shape index (κ2) is 16.9. The molecule has 0 spiro atoms. The van der Waals surface area contributed by atoms with Crippen molar-refractivity contribution >= 4 is 41.7 Å². The quantitative estimate of drug-likeness (QED) is 0.0627. The molecule has 0 saturated carbocycles. The van der Waals surface area contributed by atoms with E-state index >= 15 is 0 Å². The smallest absolute Gasteiger partial charge is 0.305 e. The number of carbonyl (C=O) groups excluding carboxylic acids is 5. The summed E-state index contributed by atoms with van der Waals surface area (Å²) in [5.41, 5.74) is -3.87. The van der Waals surface area contributed by atoms with Crippen LogP contribution in [0.3, 0.4) is 0 Å². The van der Waals surface area contributed by atoms with Gasteiger partial charge in [0.25, 0.3) is 0 Å². The van der Waals surface area contributed by atoms with E-state index in [-0.39, 0.29) is 53.3 Å². The molecule has 16 nitrogen and oxygen atoms in total. The summed E-state index contributed by atoms with van der Waals surface area (Å²) in [6.45, 7) is 3.34. The van der Waals surface area contributed by atoms with Crippen LogP contribution in [-0.4, -0.2) is 112 Å². The van der Waals surface area contributed by atoms with Crippen LogP contribution >= 0.6 is 12.4 Å². The third-order valence-electron chi connectivity index (χ3n) is 9.63. The molecule has 1 heterocycles. The predicted octanol–water partition coefficient (Wildman–Crippen LogP) is 1.68. The number of aliphatic hydroxyl groups excluding tert-OH is 2. The molecule has 6 N–H and O–H groups in total. The lowest BCUT2D eigenvalue weighted by molar-refractivity contribution is -0.249. The molecule has 1 fully saturated rings. The van der Waals surface area contributed by atoms with Crippen molar-refractivity contribution in [2.75, 3.05) is 20.3 Å². The maximum atomic E-state index is 13.9. The fourth-order valence-corrected chi connectivity index (χ4v) is 7.15. The standard InChI is InChI=1S/C36H43NO15.ClH/c1-16-31(42)21(37-11-6-5-10-25(50-17(2)39)51-18(3)40)12-26(49-16)52-23-14-36(47,24(41)15-38)13-20-28(23)35(46)30-29(33(20)44)32(43)19-8-7-9-22(48-4)27(19)34(30)45;/h7-9,16,21,23,25-26,31,37-38,42,44,46-47H,5-6,10-15H2,1-4H3;1H/t16?,21?,23-,26?,31?,36+;/m1./s1. The Bertz CT molecular complexity index is 1750. The zero-order valence-corrected chi connectivity index (χ0v) is 30.4. The summed E-state index contributed by atoms with van der Waals surface area (Å²) in [5, 5.41) is 58.6. The number of halogens is 1. The molecule has 53 heavy (non-hydrogen) atoms. The first-order valence-electron chi connectivity index (χ1n) is 16.9. The summed E-state index contributed by atoms with van der Waals surface area (Å²) in [5.74, 6) is -5.13. The highest BCUT2D eigenvalue weighted by Gasteiger charge is 2.50. The highest BCUT2D eigenvalue weighted by atomic mass is 35.5. The molecule has 17 heteroatoms. The molecular formula is C36H44ClNO15. The van der Waals surface area contributed by atoms with E-state index in [0.717, 1.165) is 0 Å². The first kappa shape index (κ1) is 41.6. The molecule has 0 bridgehead atoms. The van der Waals surface area contributed by atoms with E-state index in [1.807, 2.05) is 0 Å². The second-order valence-electron chi connectivity index (χ2n) is 13.2. The van der Waals surface area contributed by atoms with E-state index in [9.17, 15) is 49.5 Å². The van der Waals surface area contributed by atoms with Gasteiger partial charge in [-0.25, -0.2) is 0 Å². The molecule has 6 atom stereocenters. The number of ether oxygens (including phenoxy) is 5. The van der Waals surface area contributed by atoms with Crippen LogP contribution in [0.2, 0.25) is 0 Å². The summed E-state index contributed by atoms with van der Waals surface area (Å²) in [6, 6.07) is 3.74. The van der Waals surface area contributed by atoms with Crippen molar-refractivity contribution in [1.82, 2.24) is 5.32 Å². The van der Waals surface area contributed by atoms with Crippen molar-refractivity contribution in [2.45, 2.75) is 102 Å². The molecule has 290 valence electrons. The first-order chi connectivity index (χ1) is 24.6. The van der Waals surface area contributed by atoms with Gasteiger partial charge in [0.05, 0.1) is 42.1 Å². The van der Waals surface area contributed by atoms with Gasteiger partial charge in [-0.2, -0.15) is 0 Å². The molecule has 2 aromatic carbocycles. The number of Topliss-reactive ketones (excluding diaryl/α,β-unsaturated/α-hetero) is 1. The SMILES string of the molecule is COc1cccc2c1C(=O)c1c(O)c3c(c(O)c1C2=O)C[C@@](O)(C(=O)CO)C[C@H]3OC1CC(NCCCCC(OC(C)=O)OC(C)=O)C(O)C(C)O1.Cl. The Hall–Kier alpha value is -4.16. The number of methoxy groups -OCH3 is 1. The molecule has 2 aromatic rings. The van der Waals surface area contributed by atoms with Gasteiger partial charge in [-0.05, 0) is 32.4 Å². The second-order valence-corrected chi connectivity index (χ2v) is 13.2. The zero-order chi connectivity index (χ0) is 38.1. The van der Waals surface area contributed by atoms with E-state index in [2.05, 4.69) is 5.32 Å². The molecule has 0 amide bonds. The van der Waals surface area contributed by atoms with Crippen LogP contribution in [0.1, 0.15) is 102 Å². The number of unbranched alkanes of at least 4 members (excludes halogenated alkanes) is 1. The van der Waals surface area contributed by atoms with E-state index < -0.39 is 114 Å². The normalized spacial score (nSPS) is 24.7. The topological polar surface area (TPSA) is 245 Å². The minimum absolute atomic E-state index is 0. The van der Waals surface area contributed by atoms with E-state index in [1.54, 1.807) is 6.92 Å². The number of nitrogens with one attached hydrogen (secondary N) is 1. The van der Waals surface area contributed by atoms with Gasteiger partial charge >= 0.3 is 11.9 Å². The lowest BCUT2D eigenvalue weighted by atomic mass is 9.72. The molecule has 0 radical (unpaired) electrons. The van der Waals surface area contributed by atoms with Crippen LogP contribution < -0.4 is 10.1 Å². The molecule has 1 aliphatic heterocycles. The number of hydrogen-bond donors (Lipinski definition) is 6. The summed E-state index contributed by atoms with van der Waals surface area (Å²) < 4.78 is 27.5. The van der Waals surface area contributed by atoms with Crippen LogP contribution in [0.4, 0.5) is 0 Å². The highest BCUT2D eigenvalue weighted by molar-refractivity contribution is 6.31. The Morgan fingerprint density at radius 1 is 1.02 bits per heavy atom. The molecule has 0 aromatic heterocycles. The fraction of sp³-hybridized carbons (Fsp3) is 0.528. The average Bonchev–Trinajstić information content (AvgIpc) is 3.08. The van der Waals surface area contributed by atoms with Crippen molar-refractivity contribution in [2.24, 2.45) is 0 Å². The van der Waals surface area contributed by atoms with E-state index in [4.69, 9.17) is 23.7 Å². The van der Waals surface area contributed by atoms with Crippen LogP contribution in [-0.2, 0) is 39.8 Å². The number of rotatable bonds is 13. The van der Waals surface area contributed by atoms with Gasteiger partial charge < -0.3 is 54.5 Å². The number of hydrogen-bond acceptors (Lipinski definition) is 16. The van der Waals surface area contributed by atoms with Gasteiger partial charge in [-0.15, -0.1) is 12.4 Å². The number of ketones is 3. The van der Waals surface area contributed by atoms with Crippen LogP contribution in [0, 0.1) is 0 Å². The van der Waals surface area contributed by atoms with Crippen LogP contribution in [0.5, 0.6) is 17.2 Å². The minimum Gasteiger partial charge on any atom is -0.507 e. The number of phenolic OH excluding ortho intramolecular Hbond substituents is 2. The van der Waals surface area contributed by atoms with Gasteiger partial charge in [0.2, 0.25) is 12.1 Å². The number of benzene rings is 2. The third kappa shape index (κ3) is 8.33. The first-order valence-corrected chi connectivity index (χ1v) is 16.9. The summed E-state index contributed by atoms with van der Waals surface area (Å²) >= 11 is 0. The number of carbonyl (C=O) groups is 5. The molecule has 3 aliphatic rings. The predicted molar refractivity (Wildman–Crippen MR) is 184 cm³/mol. The maximum absolute atomic E-state index is 13.9. The monoisotopic (exact) mass is 765 g/mol. The average molecular weight is 766 g/mol. The Balaban J connectivity index is 0.00000627. The fourth-order valence-electron chi connectivity index (χ4n) is 7.15. The Morgan fingerprint density at radius 3 is 2.30 bits per heavy atom. The van der Waals surface area contributed by atoms with Gasteiger partial charge in [0, 0.05) is 62.3 Å². The summed E-state index contributed by atoms with van der Waals surface area (Å²) in [6.07, 6.45) is -5.15. The number of fused-ring (bicyclic) bond motifs is 3. The molecule has 2 aliphatic carbocycles. The van der Waals surface area contributed by atoms with E-state index in [1.165, 1.54) is 39.2 Å². The van der Waals surface area contributed by atoms with Crippen LogP contribution in [0.15, 0.2) is 18.2 Å².